The highest BCUT2D eigenvalue weighted by Crippen LogP contribution is 2.23. The maximum atomic E-state index is 12.5. The van der Waals surface area contributed by atoms with Gasteiger partial charge in [-0.3, -0.25) is 4.79 Å². The van der Waals surface area contributed by atoms with E-state index < -0.39 is 0 Å². The van der Waals surface area contributed by atoms with Crippen molar-refractivity contribution in [1.82, 2.24) is 20.3 Å². The van der Waals surface area contributed by atoms with E-state index in [-0.39, 0.29) is 18.3 Å². The number of nitrogens with one attached hydrogen (secondary N) is 2. The van der Waals surface area contributed by atoms with E-state index in [0.717, 1.165) is 47.3 Å². The monoisotopic (exact) mass is 413 g/mol. The minimum absolute atomic E-state index is 0. The quantitative estimate of drug-likeness (QED) is 0.808. The largest absolute Gasteiger partial charge is 0.320 e. The molecule has 2 heterocycles. The van der Waals surface area contributed by atoms with Crippen molar-refractivity contribution in [3.63, 3.8) is 0 Å². The first-order valence-electron chi connectivity index (χ1n) is 7.76. The number of nitrogens with zero attached hydrogens (tertiary/aromatic N) is 3. The minimum Gasteiger partial charge on any atom is -0.320 e. The third kappa shape index (κ3) is 3.96. The smallest absolute Gasteiger partial charge is 0.278 e. The molecule has 1 amide bonds. The number of hydrogen-bond donors (Lipinski definition) is 2. The van der Waals surface area contributed by atoms with Crippen LogP contribution in [0.5, 0.6) is 0 Å². The second-order valence-corrected chi connectivity index (χ2v) is 6.78. The fourth-order valence-electron chi connectivity index (χ4n) is 2.90. The standard InChI is InChI=1S/C16H20BrN5O.ClH/c1-10-9-12(17)3-4-14(10)19-16(23)15-11(2)22(21-20-15)13-5-7-18-8-6-13;/h3-4,9,13,18H,5-8H2,1-2H3,(H,19,23);1H. The number of piperidine rings is 1. The van der Waals surface area contributed by atoms with Gasteiger partial charge in [-0.15, -0.1) is 17.5 Å². The van der Waals surface area contributed by atoms with E-state index in [1.165, 1.54) is 0 Å². The van der Waals surface area contributed by atoms with Crippen molar-refractivity contribution in [2.24, 2.45) is 0 Å². The van der Waals surface area contributed by atoms with Crippen LogP contribution in [0, 0.1) is 13.8 Å². The number of carbonyl (C=O) groups excluding carboxylic acids is 1. The van der Waals surface area contributed by atoms with E-state index in [2.05, 4.69) is 36.9 Å². The molecule has 0 unspecified atom stereocenters. The maximum Gasteiger partial charge on any atom is 0.278 e. The molecule has 3 rings (SSSR count). The van der Waals surface area contributed by atoms with Gasteiger partial charge in [-0.05, 0) is 63.5 Å². The Hall–Kier alpha value is -1.44. The van der Waals surface area contributed by atoms with Gasteiger partial charge in [0.1, 0.15) is 0 Å². The predicted octanol–water partition coefficient (Wildman–Crippen LogP) is 3.26. The zero-order chi connectivity index (χ0) is 16.4. The van der Waals surface area contributed by atoms with E-state index >= 15 is 0 Å². The first-order valence-corrected chi connectivity index (χ1v) is 8.55. The summed E-state index contributed by atoms with van der Waals surface area (Å²) in [7, 11) is 0. The molecule has 130 valence electrons. The third-order valence-electron chi connectivity index (χ3n) is 4.23. The lowest BCUT2D eigenvalue weighted by atomic mass is 10.1. The van der Waals surface area contributed by atoms with Gasteiger partial charge in [-0.2, -0.15) is 0 Å². The topological polar surface area (TPSA) is 71.8 Å². The Kier molecular flexibility index (Phi) is 6.37. The van der Waals surface area contributed by atoms with Crippen LogP contribution in [-0.2, 0) is 0 Å². The summed E-state index contributed by atoms with van der Waals surface area (Å²) >= 11 is 3.42. The number of anilines is 1. The third-order valence-corrected chi connectivity index (χ3v) is 4.73. The van der Waals surface area contributed by atoms with Gasteiger partial charge in [0.25, 0.3) is 5.91 Å². The summed E-state index contributed by atoms with van der Waals surface area (Å²) in [6, 6.07) is 6.07. The van der Waals surface area contributed by atoms with Crippen molar-refractivity contribution >= 4 is 39.9 Å². The summed E-state index contributed by atoms with van der Waals surface area (Å²) in [6.07, 6.45) is 2.02. The molecule has 1 aliphatic rings. The lowest BCUT2D eigenvalue weighted by Gasteiger charge is -2.23. The van der Waals surface area contributed by atoms with Crippen molar-refractivity contribution in [2.75, 3.05) is 18.4 Å². The fraction of sp³-hybridized carbons (Fsp3) is 0.438. The molecule has 0 radical (unpaired) electrons. The normalized spacial score (nSPS) is 15.0. The Morgan fingerprint density at radius 1 is 1.33 bits per heavy atom. The second-order valence-electron chi connectivity index (χ2n) is 5.86. The van der Waals surface area contributed by atoms with Crippen LogP contribution in [0.2, 0.25) is 0 Å². The number of carbonyl (C=O) groups is 1. The molecule has 2 aromatic rings. The Balaban J connectivity index is 0.00000208. The SMILES string of the molecule is Cc1cc(Br)ccc1NC(=O)c1nnn(C2CCNCC2)c1C.Cl. The molecule has 0 bridgehead atoms. The first kappa shape index (κ1) is 18.9. The van der Waals surface area contributed by atoms with Crippen molar-refractivity contribution in [1.29, 1.82) is 0 Å². The van der Waals surface area contributed by atoms with E-state index in [9.17, 15) is 4.79 Å². The molecule has 2 N–H and O–H groups in total. The van der Waals surface area contributed by atoms with Gasteiger partial charge in [-0.25, -0.2) is 4.68 Å². The maximum absolute atomic E-state index is 12.5. The highest BCUT2D eigenvalue weighted by molar-refractivity contribution is 9.10. The molecule has 1 fully saturated rings. The van der Waals surface area contributed by atoms with Crippen LogP contribution in [-0.4, -0.2) is 34.0 Å². The minimum atomic E-state index is -0.215. The molecule has 0 spiro atoms. The first-order chi connectivity index (χ1) is 11.1. The number of benzene rings is 1. The lowest BCUT2D eigenvalue weighted by molar-refractivity contribution is 0.102. The van der Waals surface area contributed by atoms with E-state index in [0.29, 0.717) is 11.7 Å². The summed E-state index contributed by atoms with van der Waals surface area (Å²) in [5.74, 6) is -0.215. The number of amides is 1. The van der Waals surface area contributed by atoms with Crippen molar-refractivity contribution < 1.29 is 4.79 Å². The van der Waals surface area contributed by atoms with Gasteiger partial charge in [0, 0.05) is 10.2 Å². The van der Waals surface area contributed by atoms with Crippen LogP contribution in [0.25, 0.3) is 0 Å². The molecular formula is C16H21BrClN5O. The summed E-state index contributed by atoms with van der Waals surface area (Å²) in [5, 5.41) is 14.6. The van der Waals surface area contributed by atoms with E-state index in [1.807, 2.05) is 36.7 Å². The molecule has 1 aromatic heterocycles. The second kappa shape index (κ2) is 8.09. The molecule has 1 aliphatic heterocycles. The van der Waals surface area contributed by atoms with Gasteiger partial charge in [0.2, 0.25) is 0 Å². The molecule has 1 saturated heterocycles. The fourth-order valence-corrected chi connectivity index (χ4v) is 3.37. The van der Waals surface area contributed by atoms with Gasteiger partial charge in [0.05, 0.1) is 11.7 Å². The van der Waals surface area contributed by atoms with Crippen LogP contribution in [0.4, 0.5) is 5.69 Å². The highest BCUT2D eigenvalue weighted by atomic mass is 79.9. The number of aryl methyl sites for hydroxylation is 1. The number of hydrogen-bond acceptors (Lipinski definition) is 4. The summed E-state index contributed by atoms with van der Waals surface area (Å²) in [5.41, 5.74) is 3.00. The van der Waals surface area contributed by atoms with E-state index in [1.54, 1.807) is 0 Å². The van der Waals surface area contributed by atoms with Crippen molar-refractivity contribution in [3.05, 3.63) is 39.6 Å². The van der Waals surface area contributed by atoms with Crippen LogP contribution >= 0.6 is 28.3 Å². The van der Waals surface area contributed by atoms with Gasteiger partial charge in [0.15, 0.2) is 5.69 Å². The average Bonchev–Trinajstić information content (AvgIpc) is 2.92. The van der Waals surface area contributed by atoms with Crippen LogP contribution in [0.3, 0.4) is 0 Å². The number of rotatable bonds is 3. The predicted molar refractivity (Wildman–Crippen MR) is 100.0 cm³/mol. The van der Waals surface area contributed by atoms with Crippen molar-refractivity contribution in [2.45, 2.75) is 32.7 Å². The molecule has 0 saturated carbocycles. The molecule has 24 heavy (non-hydrogen) atoms. The molecule has 1 aromatic carbocycles. The molecule has 0 atom stereocenters. The highest BCUT2D eigenvalue weighted by Gasteiger charge is 2.23. The van der Waals surface area contributed by atoms with Crippen molar-refractivity contribution in [3.8, 4) is 0 Å². The summed E-state index contributed by atoms with van der Waals surface area (Å²) < 4.78 is 2.88. The zero-order valence-corrected chi connectivity index (χ0v) is 16.1. The zero-order valence-electron chi connectivity index (χ0n) is 13.7. The summed E-state index contributed by atoms with van der Waals surface area (Å²) in [4.78, 5) is 12.5. The Bertz CT molecular complexity index is 727. The average molecular weight is 415 g/mol. The Morgan fingerprint density at radius 2 is 2.04 bits per heavy atom. The molecule has 0 aliphatic carbocycles. The van der Waals surface area contributed by atoms with Crippen LogP contribution in [0.1, 0.15) is 40.6 Å². The Morgan fingerprint density at radius 3 is 2.71 bits per heavy atom. The number of halogens is 2. The van der Waals surface area contributed by atoms with Gasteiger partial charge >= 0.3 is 0 Å². The molecular weight excluding hydrogens is 394 g/mol. The van der Waals surface area contributed by atoms with Crippen LogP contribution in [0.15, 0.2) is 22.7 Å². The summed E-state index contributed by atoms with van der Waals surface area (Å²) in [6.45, 7) is 5.82. The molecule has 6 nitrogen and oxygen atoms in total. The molecule has 8 heteroatoms. The van der Waals surface area contributed by atoms with Gasteiger partial charge in [-0.1, -0.05) is 21.1 Å². The number of aromatic nitrogens is 3. The lowest BCUT2D eigenvalue weighted by Crippen LogP contribution is -2.30. The van der Waals surface area contributed by atoms with Gasteiger partial charge < -0.3 is 10.6 Å². The van der Waals surface area contributed by atoms with Crippen LogP contribution < -0.4 is 10.6 Å². The Labute approximate surface area is 155 Å². The van der Waals surface area contributed by atoms with E-state index in [4.69, 9.17) is 0 Å².